The second-order valence-corrected chi connectivity index (χ2v) is 8.31. The molecule has 4 nitrogen and oxygen atoms in total. The maximum absolute atomic E-state index is 13.9. The summed E-state index contributed by atoms with van der Waals surface area (Å²) in [6.07, 6.45) is 2.48. The van der Waals surface area contributed by atoms with Gasteiger partial charge >= 0.3 is 0 Å². The molecule has 2 aromatic carbocycles. The SMILES string of the molecule is COCCN(CC1CCN(Cc2ccccc2F)CC1)C(=O)Cc1cccc(C)c1. The van der Waals surface area contributed by atoms with Crippen molar-refractivity contribution in [1.82, 2.24) is 9.80 Å². The van der Waals surface area contributed by atoms with Crippen molar-refractivity contribution in [3.63, 3.8) is 0 Å². The Morgan fingerprint density at radius 2 is 1.93 bits per heavy atom. The minimum absolute atomic E-state index is 0.132. The van der Waals surface area contributed by atoms with Crippen molar-refractivity contribution >= 4 is 5.91 Å². The van der Waals surface area contributed by atoms with Crippen LogP contribution < -0.4 is 0 Å². The fraction of sp³-hybridized carbons (Fsp3) is 0.480. The van der Waals surface area contributed by atoms with Crippen LogP contribution in [0.25, 0.3) is 0 Å². The van der Waals surface area contributed by atoms with E-state index in [9.17, 15) is 9.18 Å². The van der Waals surface area contributed by atoms with Gasteiger partial charge in [-0.25, -0.2) is 4.39 Å². The summed E-state index contributed by atoms with van der Waals surface area (Å²) in [4.78, 5) is 17.2. The van der Waals surface area contributed by atoms with Crippen molar-refractivity contribution < 1.29 is 13.9 Å². The number of aryl methyl sites for hydroxylation is 1. The highest BCUT2D eigenvalue weighted by atomic mass is 19.1. The van der Waals surface area contributed by atoms with Crippen molar-refractivity contribution in [1.29, 1.82) is 0 Å². The molecule has 0 unspecified atom stereocenters. The van der Waals surface area contributed by atoms with Crippen LogP contribution in [-0.4, -0.2) is 55.6 Å². The zero-order valence-electron chi connectivity index (χ0n) is 18.1. The van der Waals surface area contributed by atoms with Gasteiger partial charge in [0.1, 0.15) is 5.82 Å². The van der Waals surface area contributed by atoms with E-state index in [2.05, 4.69) is 11.0 Å². The lowest BCUT2D eigenvalue weighted by atomic mass is 9.95. The summed E-state index contributed by atoms with van der Waals surface area (Å²) in [6, 6.07) is 15.1. The van der Waals surface area contributed by atoms with Crippen LogP contribution in [0.4, 0.5) is 4.39 Å². The summed E-state index contributed by atoms with van der Waals surface area (Å²) in [5.41, 5.74) is 2.99. The van der Waals surface area contributed by atoms with Gasteiger partial charge in [-0.05, 0) is 50.4 Å². The molecule has 0 saturated carbocycles. The number of nitrogens with zero attached hydrogens (tertiary/aromatic N) is 2. The second-order valence-electron chi connectivity index (χ2n) is 8.31. The monoisotopic (exact) mass is 412 g/mol. The Morgan fingerprint density at radius 3 is 2.63 bits per heavy atom. The molecule has 1 heterocycles. The third-order valence-electron chi connectivity index (χ3n) is 5.89. The molecule has 0 atom stereocenters. The van der Waals surface area contributed by atoms with E-state index in [0.717, 1.165) is 43.6 Å². The zero-order valence-corrected chi connectivity index (χ0v) is 18.1. The number of benzene rings is 2. The molecule has 2 aromatic rings. The lowest BCUT2D eigenvalue weighted by molar-refractivity contribution is -0.132. The van der Waals surface area contributed by atoms with Crippen molar-refractivity contribution in [2.24, 2.45) is 5.92 Å². The highest BCUT2D eigenvalue weighted by Crippen LogP contribution is 2.21. The molecule has 0 bridgehead atoms. The van der Waals surface area contributed by atoms with Crippen molar-refractivity contribution in [3.8, 4) is 0 Å². The van der Waals surface area contributed by atoms with Crippen molar-refractivity contribution in [3.05, 3.63) is 71.0 Å². The number of hydrogen-bond acceptors (Lipinski definition) is 3. The molecule has 0 radical (unpaired) electrons. The van der Waals surface area contributed by atoms with E-state index >= 15 is 0 Å². The van der Waals surface area contributed by atoms with Crippen LogP contribution in [-0.2, 0) is 22.5 Å². The van der Waals surface area contributed by atoms with E-state index in [1.807, 2.05) is 42.2 Å². The quantitative estimate of drug-likeness (QED) is 0.623. The number of hydrogen-bond donors (Lipinski definition) is 0. The maximum Gasteiger partial charge on any atom is 0.227 e. The molecule has 1 aliphatic rings. The lowest BCUT2D eigenvalue weighted by Crippen LogP contribution is -2.42. The normalized spacial score (nSPS) is 15.3. The molecular weight excluding hydrogens is 379 g/mol. The number of amides is 1. The van der Waals surface area contributed by atoms with E-state index < -0.39 is 0 Å². The predicted octanol–water partition coefficient (Wildman–Crippen LogP) is 4.06. The largest absolute Gasteiger partial charge is 0.383 e. The third kappa shape index (κ3) is 6.64. The molecule has 0 aliphatic carbocycles. The molecule has 3 rings (SSSR count). The molecule has 1 saturated heterocycles. The van der Waals surface area contributed by atoms with E-state index in [1.165, 1.54) is 11.6 Å². The van der Waals surface area contributed by atoms with Crippen LogP contribution in [0.1, 0.15) is 29.5 Å². The number of ether oxygens (including phenoxy) is 1. The van der Waals surface area contributed by atoms with Gasteiger partial charge in [-0.2, -0.15) is 0 Å². The van der Waals surface area contributed by atoms with Crippen LogP contribution in [0.15, 0.2) is 48.5 Å². The van der Waals surface area contributed by atoms with E-state index in [1.54, 1.807) is 13.2 Å². The molecule has 0 aromatic heterocycles. The Balaban J connectivity index is 1.52. The number of rotatable bonds is 9. The van der Waals surface area contributed by atoms with E-state index in [4.69, 9.17) is 4.74 Å². The van der Waals surface area contributed by atoms with Gasteiger partial charge < -0.3 is 9.64 Å². The van der Waals surface area contributed by atoms with Gasteiger partial charge in [-0.1, -0.05) is 48.0 Å². The second kappa shape index (κ2) is 11.2. The molecular formula is C25H33FN2O2. The Bertz CT molecular complexity index is 818. The van der Waals surface area contributed by atoms with E-state index in [0.29, 0.717) is 32.0 Å². The molecule has 0 spiro atoms. The topological polar surface area (TPSA) is 32.8 Å². The summed E-state index contributed by atoms with van der Waals surface area (Å²) >= 11 is 0. The van der Waals surface area contributed by atoms with Crippen LogP contribution in [0.2, 0.25) is 0 Å². The molecule has 162 valence electrons. The first-order chi connectivity index (χ1) is 14.5. The molecule has 1 amide bonds. The van der Waals surface area contributed by atoms with Crippen molar-refractivity contribution in [2.75, 3.05) is 39.9 Å². The molecule has 1 aliphatic heterocycles. The summed E-state index contributed by atoms with van der Waals surface area (Å²) in [5.74, 6) is 0.499. The lowest BCUT2D eigenvalue weighted by Gasteiger charge is -2.35. The van der Waals surface area contributed by atoms with Crippen LogP contribution >= 0.6 is 0 Å². The average Bonchev–Trinajstić information content (AvgIpc) is 2.74. The summed E-state index contributed by atoms with van der Waals surface area (Å²) in [6.45, 7) is 6.50. The first-order valence-corrected chi connectivity index (χ1v) is 10.8. The molecule has 1 fully saturated rings. The number of methoxy groups -OCH3 is 1. The van der Waals surface area contributed by atoms with Crippen molar-refractivity contribution in [2.45, 2.75) is 32.7 Å². The number of piperidine rings is 1. The Hall–Kier alpha value is -2.24. The molecule has 0 N–H and O–H groups in total. The Morgan fingerprint density at radius 1 is 1.17 bits per heavy atom. The summed E-state index contributed by atoms with van der Waals surface area (Å²) in [7, 11) is 1.67. The fourth-order valence-corrected chi connectivity index (χ4v) is 4.13. The Kier molecular flexibility index (Phi) is 8.40. The van der Waals surface area contributed by atoms with E-state index in [-0.39, 0.29) is 11.7 Å². The maximum atomic E-state index is 13.9. The zero-order chi connectivity index (χ0) is 21.3. The van der Waals surface area contributed by atoms with Gasteiger partial charge in [0, 0.05) is 32.3 Å². The minimum Gasteiger partial charge on any atom is -0.383 e. The smallest absolute Gasteiger partial charge is 0.227 e. The minimum atomic E-state index is -0.132. The van der Waals surface area contributed by atoms with Gasteiger partial charge in [0.15, 0.2) is 0 Å². The average molecular weight is 413 g/mol. The fourth-order valence-electron chi connectivity index (χ4n) is 4.13. The molecule has 5 heteroatoms. The highest BCUT2D eigenvalue weighted by molar-refractivity contribution is 5.78. The highest BCUT2D eigenvalue weighted by Gasteiger charge is 2.24. The van der Waals surface area contributed by atoms with Crippen LogP contribution in [0.3, 0.4) is 0 Å². The first kappa shape index (κ1) is 22.4. The first-order valence-electron chi connectivity index (χ1n) is 10.8. The van der Waals surface area contributed by atoms with Gasteiger partial charge in [-0.3, -0.25) is 9.69 Å². The molecule has 30 heavy (non-hydrogen) atoms. The summed E-state index contributed by atoms with van der Waals surface area (Å²) < 4.78 is 19.2. The third-order valence-corrected chi connectivity index (χ3v) is 5.89. The number of carbonyl (C=O) groups excluding carboxylic acids is 1. The van der Waals surface area contributed by atoms with Gasteiger partial charge in [0.25, 0.3) is 0 Å². The standard InChI is InChI=1S/C25H33FN2O2/c1-20-6-5-7-22(16-20)17-25(29)28(14-15-30-2)18-21-10-12-27(13-11-21)19-23-8-3-4-9-24(23)26/h3-9,16,21H,10-15,17-19H2,1-2H3. The van der Waals surface area contributed by atoms with Crippen LogP contribution in [0, 0.1) is 18.7 Å². The summed E-state index contributed by atoms with van der Waals surface area (Å²) in [5, 5.41) is 0. The Labute approximate surface area is 179 Å². The number of likely N-dealkylation sites (tertiary alicyclic amines) is 1. The predicted molar refractivity (Wildman–Crippen MR) is 118 cm³/mol. The van der Waals surface area contributed by atoms with Gasteiger partial charge in [-0.15, -0.1) is 0 Å². The van der Waals surface area contributed by atoms with Gasteiger partial charge in [0.2, 0.25) is 5.91 Å². The van der Waals surface area contributed by atoms with Gasteiger partial charge in [0.05, 0.1) is 13.0 Å². The number of halogens is 1. The number of carbonyl (C=O) groups is 1. The van der Waals surface area contributed by atoms with Crippen LogP contribution in [0.5, 0.6) is 0 Å².